The highest BCUT2D eigenvalue weighted by Gasteiger charge is 2.31. The van der Waals surface area contributed by atoms with Gasteiger partial charge in [-0.05, 0) is 59.9 Å². The fourth-order valence-electron chi connectivity index (χ4n) is 6.03. The summed E-state index contributed by atoms with van der Waals surface area (Å²) in [5, 5.41) is 14.5. The quantitative estimate of drug-likeness (QED) is 0.262. The largest absolute Gasteiger partial charge is 0.394 e. The summed E-state index contributed by atoms with van der Waals surface area (Å²) in [4.78, 5) is 13.8. The van der Waals surface area contributed by atoms with E-state index in [9.17, 15) is 9.90 Å². The van der Waals surface area contributed by atoms with Crippen molar-refractivity contribution in [2.75, 3.05) is 6.61 Å². The number of nitrogens with one attached hydrogen (secondary N) is 1. The molecule has 0 aliphatic heterocycles. The van der Waals surface area contributed by atoms with Gasteiger partial charge in [-0.3, -0.25) is 4.79 Å². The molecule has 1 aliphatic carbocycles. The van der Waals surface area contributed by atoms with Crippen molar-refractivity contribution in [3.05, 3.63) is 107 Å². The second kappa shape index (κ2) is 11.8. The summed E-state index contributed by atoms with van der Waals surface area (Å²) in [6.07, 6.45) is 6.99. The van der Waals surface area contributed by atoms with Gasteiger partial charge in [-0.15, -0.1) is 0 Å². The molecule has 1 amide bonds. The predicted octanol–water partition coefficient (Wildman–Crippen LogP) is 6.90. The van der Waals surface area contributed by atoms with E-state index in [0.717, 1.165) is 30.5 Å². The molecule has 0 radical (unpaired) electrons. The predicted molar refractivity (Wildman–Crippen MR) is 151 cm³/mol. The summed E-state index contributed by atoms with van der Waals surface area (Å²) in [6.45, 7) is 2.85. The first-order valence-corrected chi connectivity index (χ1v) is 13.7. The minimum atomic E-state index is -0.397. The summed E-state index contributed by atoms with van der Waals surface area (Å²) in [5.74, 6) is 0.132. The number of carbonyl (C=O) groups excluding carboxylic acids is 1. The lowest BCUT2D eigenvalue weighted by atomic mass is 9.80. The Morgan fingerprint density at radius 1 is 0.892 bits per heavy atom. The molecule has 1 fully saturated rings. The Hall–Kier alpha value is -3.37. The van der Waals surface area contributed by atoms with Crippen LogP contribution < -0.4 is 5.32 Å². The normalized spacial score (nSPS) is 16.3. The van der Waals surface area contributed by atoms with Crippen molar-refractivity contribution < 1.29 is 9.90 Å². The standard InChI is InChI=1S/C33H38N2O2/c1-24-21-29-15-9-10-16-31(29)35(24)22-25-17-19-28(20-18-25)32(27-13-5-2-3-6-14-27)33(37)34-30(23-36)26-11-7-4-8-12-26/h4,7-12,15-21,27,30,32,36H,2-3,5-6,13-14,22-23H2,1H3,(H,34,37)/t30-,32?/m1/s1. The third-order valence-corrected chi connectivity index (χ3v) is 8.05. The van der Waals surface area contributed by atoms with Crippen LogP contribution >= 0.6 is 0 Å². The van der Waals surface area contributed by atoms with Crippen molar-refractivity contribution in [1.29, 1.82) is 0 Å². The Kier molecular flexibility index (Phi) is 8.05. The smallest absolute Gasteiger partial charge is 0.228 e. The van der Waals surface area contributed by atoms with E-state index in [-0.39, 0.29) is 18.4 Å². The Morgan fingerprint density at radius 2 is 1.57 bits per heavy atom. The summed E-state index contributed by atoms with van der Waals surface area (Å²) in [6, 6.07) is 28.8. The van der Waals surface area contributed by atoms with Crippen molar-refractivity contribution >= 4 is 16.8 Å². The summed E-state index contributed by atoms with van der Waals surface area (Å²) in [7, 11) is 0. The maximum absolute atomic E-state index is 13.8. The van der Waals surface area contributed by atoms with Crippen LogP contribution in [0.5, 0.6) is 0 Å². The number of carbonyl (C=O) groups is 1. The molecule has 0 saturated heterocycles. The average Bonchev–Trinajstić information content (AvgIpc) is 3.07. The molecule has 1 saturated carbocycles. The van der Waals surface area contributed by atoms with Gasteiger partial charge < -0.3 is 15.0 Å². The Bertz CT molecular complexity index is 1300. The van der Waals surface area contributed by atoms with Crippen LogP contribution in [0.1, 0.15) is 72.9 Å². The van der Waals surface area contributed by atoms with Gasteiger partial charge in [-0.1, -0.05) is 98.5 Å². The van der Waals surface area contributed by atoms with E-state index in [0.29, 0.717) is 5.92 Å². The van der Waals surface area contributed by atoms with Crippen LogP contribution in [0.25, 0.3) is 10.9 Å². The van der Waals surface area contributed by atoms with Crippen molar-refractivity contribution in [3.63, 3.8) is 0 Å². The molecular formula is C33H38N2O2. The minimum Gasteiger partial charge on any atom is -0.394 e. The fraction of sp³-hybridized carbons (Fsp3) is 0.364. The Labute approximate surface area is 220 Å². The van der Waals surface area contributed by atoms with Gasteiger partial charge >= 0.3 is 0 Å². The Balaban J connectivity index is 1.40. The van der Waals surface area contributed by atoms with Gasteiger partial charge in [0.25, 0.3) is 0 Å². The van der Waals surface area contributed by atoms with Crippen molar-refractivity contribution in [3.8, 4) is 0 Å². The van der Waals surface area contributed by atoms with Crippen LogP contribution in [-0.4, -0.2) is 22.2 Å². The molecular weight excluding hydrogens is 456 g/mol. The maximum Gasteiger partial charge on any atom is 0.228 e. The van der Waals surface area contributed by atoms with Crippen LogP contribution in [0.15, 0.2) is 84.9 Å². The zero-order valence-corrected chi connectivity index (χ0v) is 21.8. The molecule has 192 valence electrons. The lowest BCUT2D eigenvalue weighted by Gasteiger charge is -2.28. The van der Waals surface area contributed by atoms with Crippen LogP contribution in [0.3, 0.4) is 0 Å². The second-order valence-corrected chi connectivity index (χ2v) is 10.6. The number of para-hydroxylation sites is 1. The highest BCUT2D eigenvalue weighted by Crippen LogP contribution is 2.36. The number of aromatic nitrogens is 1. The third kappa shape index (κ3) is 5.80. The number of nitrogens with zero attached hydrogens (tertiary/aromatic N) is 1. The molecule has 2 N–H and O–H groups in total. The van der Waals surface area contributed by atoms with Crippen LogP contribution in [-0.2, 0) is 11.3 Å². The monoisotopic (exact) mass is 494 g/mol. The summed E-state index contributed by atoms with van der Waals surface area (Å²) in [5.41, 5.74) is 5.73. The minimum absolute atomic E-state index is 0.0230. The fourth-order valence-corrected chi connectivity index (χ4v) is 6.03. The number of fused-ring (bicyclic) bond motifs is 1. The van der Waals surface area contributed by atoms with Crippen molar-refractivity contribution in [2.45, 2.75) is 64.0 Å². The van der Waals surface area contributed by atoms with E-state index in [1.165, 1.54) is 47.8 Å². The number of aliphatic hydroxyl groups excluding tert-OH is 1. The lowest BCUT2D eigenvalue weighted by molar-refractivity contribution is -0.125. The molecule has 3 aromatic carbocycles. The molecule has 4 heteroatoms. The van der Waals surface area contributed by atoms with Crippen LogP contribution in [0.4, 0.5) is 0 Å². The number of aryl methyl sites for hydroxylation is 1. The van der Waals surface area contributed by atoms with Gasteiger partial charge in [0.1, 0.15) is 0 Å². The van der Waals surface area contributed by atoms with Crippen LogP contribution in [0.2, 0.25) is 0 Å². The van der Waals surface area contributed by atoms with Crippen molar-refractivity contribution in [2.24, 2.45) is 5.92 Å². The van der Waals surface area contributed by atoms with E-state index in [1.807, 2.05) is 30.3 Å². The van der Waals surface area contributed by atoms with Crippen molar-refractivity contribution in [1.82, 2.24) is 9.88 Å². The first-order chi connectivity index (χ1) is 18.1. The van der Waals surface area contributed by atoms with E-state index in [4.69, 9.17) is 0 Å². The van der Waals surface area contributed by atoms with Crippen LogP contribution in [0, 0.1) is 12.8 Å². The van der Waals surface area contributed by atoms with E-state index in [2.05, 4.69) is 71.4 Å². The molecule has 1 heterocycles. The number of amides is 1. The lowest BCUT2D eigenvalue weighted by Crippen LogP contribution is -2.37. The first kappa shape index (κ1) is 25.3. The summed E-state index contributed by atoms with van der Waals surface area (Å²) >= 11 is 0. The summed E-state index contributed by atoms with van der Waals surface area (Å²) < 4.78 is 2.35. The van der Waals surface area contributed by atoms with Gasteiger partial charge in [0.15, 0.2) is 0 Å². The van der Waals surface area contributed by atoms with Gasteiger partial charge in [-0.25, -0.2) is 0 Å². The molecule has 1 unspecified atom stereocenters. The molecule has 4 aromatic rings. The molecule has 37 heavy (non-hydrogen) atoms. The van der Waals surface area contributed by atoms with E-state index in [1.54, 1.807) is 0 Å². The van der Waals surface area contributed by atoms with Gasteiger partial charge in [-0.2, -0.15) is 0 Å². The first-order valence-electron chi connectivity index (χ1n) is 13.7. The topological polar surface area (TPSA) is 54.3 Å². The molecule has 4 nitrogen and oxygen atoms in total. The molecule has 1 aliphatic rings. The molecule has 0 bridgehead atoms. The highest BCUT2D eigenvalue weighted by atomic mass is 16.3. The van der Waals surface area contributed by atoms with Gasteiger partial charge in [0.05, 0.1) is 18.6 Å². The number of benzene rings is 3. The number of aliphatic hydroxyl groups is 1. The number of hydrogen-bond acceptors (Lipinski definition) is 2. The Morgan fingerprint density at radius 3 is 2.27 bits per heavy atom. The average molecular weight is 495 g/mol. The van der Waals surface area contributed by atoms with Gasteiger partial charge in [0, 0.05) is 17.8 Å². The maximum atomic E-state index is 13.8. The zero-order chi connectivity index (χ0) is 25.6. The molecule has 0 spiro atoms. The third-order valence-electron chi connectivity index (χ3n) is 8.05. The second-order valence-electron chi connectivity index (χ2n) is 10.6. The number of hydrogen-bond donors (Lipinski definition) is 2. The molecule has 1 aromatic heterocycles. The molecule has 5 rings (SSSR count). The molecule has 2 atom stereocenters. The van der Waals surface area contributed by atoms with Gasteiger partial charge in [0.2, 0.25) is 5.91 Å². The van der Waals surface area contributed by atoms with E-state index >= 15 is 0 Å². The number of rotatable bonds is 8. The SMILES string of the molecule is Cc1cc2ccccc2n1Cc1ccc(C(C(=O)N[C@H](CO)c2ccccc2)C2CCCCCC2)cc1. The zero-order valence-electron chi connectivity index (χ0n) is 21.8. The van der Waals surface area contributed by atoms with E-state index < -0.39 is 6.04 Å². The highest BCUT2D eigenvalue weighted by molar-refractivity contribution is 5.84.